The van der Waals surface area contributed by atoms with Crippen LogP contribution >= 0.6 is 15.9 Å². The van der Waals surface area contributed by atoms with Crippen LogP contribution in [0, 0.1) is 0 Å². The first-order chi connectivity index (χ1) is 8.58. The van der Waals surface area contributed by atoms with E-state index in [0.29, 0.717) is 13.0 Å². The van der Waals surface area contributed by atoms with Crippen LogP contribution in [-0.2, 0) is 16.0 Å². The van der Waals surface area contributed by atoms with E-state index in [4.69, 9.17) is 5.11 Å². The number of carbonyl (C=O) groups is 2. The minimum absolute atomic E-state index is 0.113. The van der Waals surface area contributed by atoms with Crippen LogP contribution in [-0.4, -0.2) is 34.5 Å². The lowest BCUT2D eigenvalue weighted by Crippen LogP contribution is -2.41. The molecule has 5 heteroatoms. The SMILES string of the molecule is O=C(O)[C@@H]1CCCN1C(=O)Cc1cccc(Br)c1. The van der Waals surface area contributed by atoms with E-state index in [0.717, 1.165) is 16.5 Å². The normalized spacial score (nSPS) is 18.9. The largest absolute Gasteiger partial charge is 0.480 e. The van der Waals surface area contributed by atoms with Gasteiger partial charge >= 0.3 is 5.97 Å². The minimum Gasteiger partial charge on any atom is -0.480 e. The summed E-state index contributed by atoms with van der Waals surface area (Å²) in [7, 11) is 0. The van der Waals surface area contributed by atoms with E-state index in [1.807, 2.05) is 24.3 Å². The molecule has 1 aliphatic heterocycles. The molecule has 2 rings (SSSR count). The highest BCUT2D eigenvalue weighted by molar-refractivity contribution is 9.10. The van der Waals surface area contributed by atoms with Gasteiger partial charge in [0.25, 0.3) is 0 Å². The average molecular weight is 312 g/mol. The molecule has 1 heterocycles. The van der Waals surface area contributed by atoms with Gasteiger partial charge in [0.05, 0.1) is 6.42 Å². The molecule has 96 valence electrons. The molecule has 1 N–H and O–H groups in total. The Balaban J connectivity index is 2.06. The number of likely N-dealkylation sites (tertiary alicyclic amines) is 1. The summed E-state index contributed by atoms with van der Waals surface area (Å²) < 4.78 is 0.920. The molecule has 0 spiro atoms. The zero-order valence-electron chi connectivity index (χ0n) is 9.80. The fourth-order valence-electron chi connectivity index (χ4n) is 2.25. The van der Waals surface area contributed by atoms with Crippen molar-refractivity contribution in [3.05, 3.63) is 34.3 Å². The Bertz CT molecular complexity index is 475. The van der Waals surface area contributed by atoms with Gasteiger partial charge in [0, 0.05) is 11.0 Å². The van der Waals surface area contributed by atoms with Crippen molar-refractivity contribution in [1.29, 1.82) is 0 Å². The number of aliphatic carboxylic acids is 1. The third kappa shape index (κ3) is 2.90. The molecule has 18 heavy (non-hydrogen) atoms. The fraction of sp³-hybridized carbons (Fsp3) is 0.385. The number of carboxylic acids is 1. The highest BCUT2D eigenvalue weighted by Crippen LogP contribution is 2.19. The molecule has 1 saturated heterocycles. The number of benzene rings is 1. The Morgan fingerprint density at radius 1 is 1.44 bits per heavy atom. The summed E-state index contributed by atoms with van der Waals surface area (Å²) in [5.74, 6) is -1.02. The van der Waals surface area contributed by atoms with Crippen LogP contribution in [0.3, 0.4) is 0 Å². The highest BCUT2D eigenvalue weighted by atomic mass is 79.9. The summed E-state index contributed by atoms with van der Waals surface area (Å²) in [5, 5.41) is 9.04. The van der Waals surface area contributed by atoms with Gasteiger partial charge in [-0.15, -0.1) is 0 Å². The number of hydrogen-bond donors (Lipinski definition) is 1. The first-order valence-electron chi connectivity index (χ1n) is 5.84. The maximum Gasteiger partial charge on any atom is 0.326 e. The summed E-state index contributed by atoms with van der Waals surface area (Å²) >= 11 is 3.35. The monoisotopic (exact) mass is 311 g/mol. The van der Waals surface area contributed by atoms with Gasteiger partial charge in [-0.3, -0.25) is 4.79 Å². The second kappa shape index (κ2) is 5.52. The lowest BCUT2D eigenvalue weighted by atomic mass is 10.1. The predicted octanol–water partition coefficient (Wildman–Crippen LogP) is 2.07. The van der Waals surface area contributed by atoms with Crippen molar-refractivity contribution >= 4 is 27.8 Å². The minimum atomic E-state index is -0.907. The Morgan fingerprint density at radius 2 is 2.22 bits per heavy atom. The molecule has 0 saturated carbocycles. The topological polar surface area (TPSA) is 57.6 Å². The lowest BCUT2D eigenvalue weighted by molar-refractivity contribution is -0.148. The molecule has 1 atom stereocenters. The first kappa shape index (κ1) is 13.1. The smallest absolute Gasteiger partial charge is 0.326 e. The number of amides is 1. The fourth-order valence-corrected chi connectivity index (χ4v) is 2.69. The summed E-state index contributed by atoms with van der Waals surface area (Å²) in [6.45, 7) is 0.545. The van der Waals surface area contributed by atoms with Gasteiger partial charge in [-0.25, -0.2) is 4.79 Å². The van der Waals surface area contributed by atoms with Crippen LogP contribution in [0.4, 0.5) is 0 Å². The van der Waals surface area contributed by atoms with Crippen molar-refractivity contribution in [3.63, 3.8) is 0 Å². The maximum absolute atomic E-state index is 12.1. The number of nitrogens with zero attached hydrogens (tertiary/aromatic N) is 1. The Kier molecular flexibility index (Phi) is 4.01. The van der Waals surface area contributed by atoms with Crippen LogP contribution in [0.15, 0.2) is 28.7 Å². The van der Waals surface area contributed by atoms with E-state index < -0.39 is 12.0 Å². The predicted molar refractivity (Wildman–Crippen MR) is 70.2 cm³/mol. The summed E-state index contributed by atoms with van der Waals surface area (Å²) in [5.41, 5.74) is 0.894. The van der Waals surface area contributed by atoms with E-state index in [2.05, 4.69) is 15.9 Å². The molecular weight excluding hydrogens is 298 g/mol. The Morgan fingerprint density at radius 3 is 2.89 bits per heavy atom. The lowest BCUT2D eigenvalue weighted by Gasteiger charge is -2.21. The molecule has 1 aromatic carbocycles. The molecule has 0 aromatic heterocycles. The van der Waals surface area contributed by atoms with Gasteiger partial charge in [-0.05, 0) is 30.5 Å². The second-order valence-electron chi connectivity index (χ2n) is 4.39. The molecular formula is C13H14BrNO3. The highest BCUT2D eigenvalue weighted by Gasteiger charge is 2.33. The average Bonchev–Trinajstić information content (AvgIpc) is 2.77. The van der Waals surface area contributed by atoms with Crippen molar-refractivity contribution in [3.8, 4) is 0 Å². The molecule has 0 radical (unpaired) electrons. The van der Waals surface area contributed by atoms with Crippen molar-refractivity contribution < 1.29 is 14.7 Å². The van der Waals surface area contributed by atoms with E-state index in [1.54, 1.807) is 0 Å². The summed E-state index contributed by atoms with van der Waals surface area (Å²) in [4.78, 5) is 24.6. The van der Waals surface area contributed by atoms with E-state index >= 15 is 0 Å². The van der Waals surface area contributed by atoms with Crippen LogP contribution in [0.1, 0.15) is 18.4 Å². The molecule has 0 bridgehead atoms. The van der Waals surface area contributed by atoms with Gasteiger partial charge in [-0.2, -0.15) is 0 Å². The van der Waals surface area contributed by atoms with Gasteiger partial charge in [0.15, 0.2) is 0 Å². The van der Waals surface area contributed by atoms with E-state index in [-0.39, 0.29) is 12.3 Å². The van der Waals surface area contributed by atoms with Crippen molar-refractivity contribution in [1.82, 2.24) is 4.90 Å². The van der Waals surface area contributed by atoms with E-state index in [9.17, 15) is 9.59 Å². The molecule has 0 unspecified atom stereocenters. The molecule has 1 aromatic rings. The number of hydrogen-bond acceptors (Lipinski definition) is 2. The van der Waals surface area contributed by atoms with Crippen molar-refractivity contribution in [2.45, 2.75) is 25.3 Å². The summed E-state index contributed by atoms with van der Waals surface area (Å²) in [6, 6.07) is 6.86. The van der Waals surface area contributed by atoms with Crippen LogP contribution in [0.5, 0.6) is 0 Å². The van der Waals surface area contributed by atoms with Crippen LogP contribution in [0.25, 0.3) is 0 Å². The quantitative estimate of drug-likeness (QED) is 0.929. The van der Waals surface area contributed by atoms with Crippen molar-refractivity contribution in [2.75, 3.05) is 6.54 Å². The number of carboxylic acid groups (broad SMARTS) is 1. The molecule has 1 fully saturated rings. The Labute approximate surface area is 114 Å². The van der Waals surface area contributed by atoms with E-state index in [1.165, 1.54) is 4.90 Å². The second-order valence-corrected chi connectivity index (χ2v) is 5.31. The molecule has 1 aliphatic rings. The molecule has 4 nitrogen and oxygen atoms in total. The third-order valence-electron chi connectivity index (χ3n) is 3.10. The third-order valence-corrected chi connectivity index (χ3v) is 3.60. The van der Waals surface area contributed by atoms with Gasteiger partial charge < -0.3 is 10.0 Å². The number of rotatable bonds is 3. The molecule has 1 amide bonds. The van der Waals surface area contributed by atoms with Crippen LogP contribution in [0.2, 0.25) is 0 Å². The standard InChI is InChI=1S/C13H14BrNO3/c14-10-4-1-3-9(7-10)8-12(16)15-6-2-5-11(15)13(17)18/h1,3-4,7,11H,2,5-6,8H2,(H,17,18)/t11-/m0/s1. The van der Waals surface area contributed by atoms with Gasteiger partial charge in [0.1, 0.15) is 6.04 Å². The first-order valence-corrected chi connectivity index (χ1v) is 6.64. The maximum atomic E-state index is 12.1. The Hall–Kier alpha value is -1.36. The van der Waals surface area contributed by atoms with Gasteiger partial charge in [0.2, 0.25) is 5.91 Å². The summed E-state index contributed by atoms with van der Waals surface area (Å²) in [6.07, 6.45) is 1.57. The van der Waals surface area contributed by atoms with Crippen LogP contribution < -0.4 is 0 Å². The molecule has 0 aliphatic carbocycles. The zero-order valence-corrected chi connectivity index (χ0v) is 11.4. The number of halogens is 1. The number of carbonyl (C=O) groups excluding carboxylic acids is 1. The van der Waals surface area contributed by atoms with Crippen molar-refractivity contribution in [2.24, 2.45) is 0 Å². The zero-order chi connectivity index (χ0) is 13.1. The van der Waals surface area contributed by atoms with Gasteiger partial charge in [-0.1, -0.05) is 28.1 Å².